The Morgan fingerprint density at radius 2 is 2.05 bits per heavy atom. The zero-order chi connectivity index (χ0) is 13.8. The fourth-order valence-corrected chi connectivity index (χ4v) is 2.33. The average Bonchev–Trinajstić information content (AvgIpc) is 2.41. The van der Waals surface area contributed by atoms with E-state index >= 15 is 0 Å². The number of nitrogens with two attached hydrogens (primary N) is 1. The Morgan fingerprint density at radius 3 is 2.74 bits per heavy atom. The molecule has 0 saturated heterocycles. The smallest absolute Gasteiger partial charge is 0.0745 e. The number of anilines is 2. The number of hydrogen-bond donors (Lipinski definition) is 2. The topological polar surface area (TPSA) is 62.4 Å². The van der Waals surface area contributed by atoms with Crippen molar-refractivity contribution in [3.05, 3.63) is 30.5 Å². The summed E-state index contributed by atoms with van der Waals surface area (Å²) >= 11 is 0. The van der Waals surface area contributed by atoms with E-state index in [0.29, 0.717) is 11.7 Å². The van der Waals surface area contributed by atoms with E-state index in [1.54, 1.807) is 6.20 Å². The highest BCUT2D eigenvalue weighted by Crippen LogP contribution is 2.32. The maximum absolute atomic E-state index is 9.06. The van der Waals surface area contributed by atoms with E-state index in [-0.39, 0.29) is 6.61 Å². The number of benzene rings is 1. The van der Waals surface area contributed by atoms with Gasteiger partial charge in [0, 0.05) is 24.6 Å². The summed E-state index contributed by atoms with van der Waals surface area (Å²) in [6.45, 7) is 5.23. The summed E-state index contributed by atoms with van der Waals surface area (Å²) in [5.41, 5.74) is 8.78. The molecule has 0 radical (unpaired) electrons. The van der Waals surface area contributed by atoms with Gasteiger partial charge in [-0.05, 0) is 26.3 Å². The molecule has 3 N–H and O–H groups in total. The van der Waals surface area contributed by atoms with E-state index in [4.69, 9.17) is 10.8 Å². The van der Waals surface area contributed by atoms with Crippen molar-refractivity contribution in [3.63, 3.8) is 0 Å². The van der Waals surface area contributed by atoms with Crippen LogP contribution in [0.25, 0.3) is 10.9 Å². The van der Waals surface area contributed by atoms with E-state index in [9.17, 15) is 0 Å². The monoisotopic (exact) mass is 259 g/mol. The highest BCUT2D eigenvalue weighted by molar-refractivity contribution is 5.97. The van der Waals surface area contributed by atoms with Crippen molar-refractivity contribution < 1.29 is 5.11 Å². The van der Waals surface area contributed by atoms with Gasteiger partial charge in [-0.1, -0.05) is 18.2 Å². The number of rotatable bonds is 5. The van der Waals surface area contributed by atoms with Crippen LogP contribution in [0.15, 0.2) is 30.5 Å². The van der Waals surface area contributed by atoms with Gasteiger partial charge in [-0.15, -0.1) is 0 Å². The molecule has 1 aromatic carbocycles. The Kier molecular flexibility index (Phi) is 4.22. The van der Waals surface area contributed by atoms with Gasteiger partial charge in [0.05, 0.1) is 23.1 Å². The zero-order valence-electron chi connectivity index (χ0n) is 11.5. The molecule has 2 aromatic rings. The quantitative estimate of drug-likeness (QED) is 0.865. The molecule has 0 bridgehead atoms. The molecule has 102 valence electrons. The predicted octanol–water partition coefficient (Wildman–Crippen LogP) is 2.41. The summed E-state index contributed by atoms with van der Waals surface area (Å²) in [5.74, 6) is 0. The first-order valence-electron chi connectivity index (χ1n) is 6.66. The largest absolute Gasteiger partial charge is 0.396 e. The normalized spacial score (nSPS) is 11.2. The third kappa shape index (κ3) is 2.79. The SMILES string of the molecule is CC(C)N(CCCO)c1c(N)cnc2ccccc12. The van der Waals surface area contributed by atoms with Crippen LogP contribution in [0.5, 0.6) is 0 Å². The van der Waals surface area contributed by atoms with Crippen molar-refractivity contribution in [3.8, 4) is 0 Å². The summed E-state index contributed by atoms with van der Waals surface area (Å²) < 4.78 is 0. The van der Waals surface area contributed by atoms with Crippen molar-refractivity contribution >= 4 is 22.3 Å². The van der Waals surface area contributed by atoms with Gasteiger partial charge in [0.25, 0.3) is 0 Å². The van der Waals surface area contributed by atoms with Crippen LogP contribution in [0.2, 0.25) is 0 Å². The second-order valence-electron chi connectivity index (χ2n) is 4.94. The van der Waals surface area contributed by atoms with Gasteiger partial charge in [-0.25, -0.2) is 0 Å². The highest BCUT2D eigenvalue weighted by atomic mass is 16.3. The summed E-state index contributed by atoms with van der Waals surface area (Å²) in [4.78, 5) is 6.59. The lowest BCUT2D eigenvalue weighted by Gasteiger charge is -2.31. The number of aromatic nitrogens is 1. The second kappa shape index (κ2) is 5.89. The molecular formula is C15H21N3O. The number of nitrogen functional groups attached to an aromatic ring is 1. The zero-order valence-corrected chi connectivity index (χ0v) is 11.5. The molecule has 1 heterocycles. The fraction of sp³-hybridized carbons (Fsp3) is 0.400. The fourth-order valence-electron chi connectivity index (χ4n) is 2.33. The summed E-state index contributed by atoms with van der Waals surface area (Å²) in [5, 5.41) is 10.1. The summed E-state index contributed by atoms with van der Waals surface area (Å²) in [6.07, 6.45) is 2.44. The third-order valence-electron chi connectivity index (χ3n) is 3.24. The van der Waals surface area contributed by atoms with Gasteiger partial charge in [-0.2, -0.15) is 0 Å². The first-order valence-corrected chi connectivity index (χ1v) is 6.66. The van der Waals surface area contributed by atoms with Crippen molar-refractivity contribution in [1.29, 1.82) is 0 Å². The molecule has 0 unspecified atom stereocenters. The van der Waals surface area contributed by atoms with Crippen LogP contribution in [0, 0.1) is 0 Å². The number of aliphatic hydroxyl groups excluding tert-OH is 1. The third-order valence-corrected chi connectivity index (χ3v) is 3.24. The number of pyridine rings is 1. The lowest BCUT2D eigenvalue weighted by atomic mass is 10.1. The van der Waals surface area contributed by atoms with Crippen LogP contribution in [-0.2, 0) is 0 Å². The van der Waals surface area contributed by atoms with E-state index in [1.165, 1.54) is 0 Å². The highest BCUT2D eigenvalue weighted by Gasteiger charge is 2.16. The molecule has 1 aromatic heterocycles. The minimum Gasteiger partial charge on any atom is -0.396 e. The first-order chi connectivity index (χ1) is 9.15. The molecule has 0 aliphatic carbocycles. The van der Waals surface area contributed by atoms with E-state index in [2.05, 4.69) is 23.7 Å². The molecular weight excluding hydrogens is 238 g/mol. The molecule has 19 heavy (non-hydrogen) atoms. The molecule has 0 saturated carbocycles. The molecule has 4 nitrogen and oxygen atoms in total. The van der Waals surface area contributed by atoms with Crippen LogP contribution >= 0.6 is 0 Å². The standard InChI is InChI=1S/C15H21N3O/c1-11(2)18(8-5-9-19)15-12-6-3-4-7-14(12)17-10-13(15)16/h3-4,6-7,10-11,19H,5,8-9,16H2,1-2H3. The van der Waals surface area contributed by atoms with Crippen molar-refractivity contribution in [2.45, 2.75) is 26.3 Å². The van der Waals surface area contributed by atoms with Crippen LogP contribution in [0.3, 0.4) is 0 Å². The van der Waals surface area contributed by atoms with E-state index in [1.807, 2.05) is 24.3 Å². The average molecular weight is 259 g/mol. The number of hydrogen-bond acceptors (Lipinski definition) is 4. The van der Waals surface area contributed by atoms with Gasteiger partial charge in [0.2, 0.25) is 0 Å². The maximum Gasteiger partial charge on any atom is 0.0745 e. The Labute approximate surface area is 113 Å². The Balaban J connectivity index is 2.54. The number of fused-ring (bicyclic) bond motifs is 1. The van der Waals surface area contributed by atoms with E-state index in [0.717, 1.165) is 29.6 Å². The van der Waals surface area contributed by atoms with E-state index < -0.39 is 0 Å². The maximum atomic E-state index is 9.06. The number of para-hydroxylation sites is 1. The van der Waals surface area contributed by atoms with Gasteiger partial charge in [-0.3, -0.25) is 4.98 Å². The molecule has 0 atom stereocenters. The number of aliphatic hydroxyl groups is 1. The number of nitrogens with zero attached hydrogens (tertiary/aromatic N) is 2. The first kappa shape index (κ1) is 13.6. The molecule has 0 fully saturated rings. The molecule has 4 heteroatoms. The van der Waals surface area contributed by atoms with Crippen LogP contribution < -0.4 is 10.6 Å². The van der Waals surface area contributed by atoms with Crippen molar-refractivity contribution in [2.75, 3.05) is 23.8 Å². The van der Waals surface area contributed by atoms with Crippen molar-refractivity contribution in [1.82, 2.24) is 4.98 Å². The van der Waals surface area contributed by atoms with Crippen molar-refractivity contribution in [2.24, 2.45) is 0 Å². The molecule has 0 amide bonds. The molecule has 0 aliphatic rings. The Bertz CT molecular complexity index is 554. The van der Waals surface area contributed by atoms with Crippen LogP contribution in [0.4, 0.5) is 11.4 Å². The lowest BCUT2D eigenvalue weighted by Crippen LogP contribution is -2.33. The molecule has 0 aliphatic heterocycles. The van der Waals surface area contributed by atoms with Crippen LogP contribution in [-0.4, -0.2) is 29.3 Å². The van der Waals surface area contributed by atoms with Gasteiger partial charge >= 0.3 is 0 Å². The molecule has 0 spiro atoms. The minimum absolute atomic E-state index is 0.187. The Morgan fingerprint density at radius 1 is 1.32 bits per heavy atom. The van der Waals surface area contributed by atoms with Crippen LogP contribution in [0.1, 0.15) is 20.3 Å². The lowest BCUT2D eigenvalue weighted by molar-refractivity contribution is 0.288. The predicted molar refractivity (Wildman–Crippen MR) is 80.3 cm³/mol. The van der Waals surface area contributed by atoms with Gasteiger partial charge in [0.1, 0.15) is 0 Å². The summed E-state index contributed by atoms with van der Waals surface area (Å²) in [7, 11) is 0. The van der Waals surface area contributed by atoms with Gasteiger partial charge in [0.15, 0.2) is 0 Å². The second-order valence-corrected chi connectivity index (χ2v) is 4.94. The van der Waals surface area contributed by atoms with Gasteiger partial charge < -0.3 is 15.7 Å². The Hall–Kier alpha value is -1.81. The molecule has 2 rings (SSSR count). The minimum atomic E-state index is 0.187. The summed E-state index contributed by atoms with van der Waals surface area (Å²) in [6, 6.07) is 8.32.